The van der Waals surface area contributed by atoms with Crippen molar-refractivity contribution >= 4 is 27.5 Å². The Balaban J connectivity index is 1.74. The summed E-state index contributed by atoms with van der Waals surface area (Å²) in [6.45, 7) is 0.436. The van der Waals surface area contributed by atoms with E-state index in [0.717, 1.165) is 4.31 Å². The minimum atomic E-state index is -3.75. The molecule has 0 atom stereocenters. The quantitative estimate of drug-likeness (QED) is 0.541. The van der Waals surface area contributed by atoms with Crippen LogP contribution in [-0.4, -0.2) is 39.3 Å². The fourth-order valence-electron chi connectivity index (χ4n) is 3.37. The van der Waals surface area contributed by atoms with Crippen molar-refractivity contribution in [3.8, 4) is 0 Å². The minimum absolute atomic E-state index is 0.0819. The monoisotopic (exact) mass is 456 g/mol. The Morgan fingerprint density at radius 2 is 1.48 bits per heavy atom. The van der Waals surface area contributed by atoms with Crippen LogP contribution in [0.15, 0.2) is 83.8 Å². The molecule has 0 aliphatic carbocycles. The number of amides is 1. The molecule has 0 radical (unpaired) electrons. The lowest BCUT2D eigenvalue weighted by Gasteiger charge is -2.18. The summed E-state index contributed by atoms with van der Waals surface area (Å²) in [5.74, 6) is -0.204. The summed E-state index contributed by atoms with van der Waals surface area (Å²) >= 11 is 6.07. The van der Waals surface area contributed by atoms with Crippen LogP contribution in [0.4, 0.5) is 0 Å². The summed E-state index contributed by atoms with van der Waals surface area (Å²) < 4.78 is 26.0. The Labute approximate surface area is 188 Å². The molecule has 0 saturated heterocycles. The molecule has 31 heavy (non-hydrogen) atoms. The molecule has 0 saturated carbocycles. The average Bonchev–Trinajstić information content (AvgIpc) is 2.78. The van der Waals surface area contributed by atoms with E-state index in [1.807, 2.05) is 36.4 Å². The second kappa shape index (κ2) is 10.1. The topological polar surface area (TPSA) is 66.5 Å². The molecule has 5 nitrogen and oxygen atoms in total. The summed E-state index contributed by atoms with van der Waals surface area (Å²) in [5.41, 5.74) is 2.60. The Morgan fingerprint density at radius 3 is 2.00 bits per heavy atom. The number of benzene rings is 3. The van der Waals surface area contributed by atoms with Crippen molar-refractivity contribution in [1.29, 1.82) is 0 Å². The van der Waals surface area contributed by atoms with Crippen molar-refractivity contribution in [1.82, 2.24) is 9.62 Å². The van der Waals surface area contributed by atoms with Crippen LogP contribution in [0, 0.1) is 0 Å². The SMILES string of the molecule is CN(C)S(=O)(=O)c1cc(C(=O)NCCC(c2ccccc2)c2ccccc2)ccc1Cl. The van der Waals surface area contributed by atoms with Crippen LogP contribution in [0.5, 0.6) is 0 Å². The predicted octanol–water partition coefficient (Wildman–Crippen LogP) is 4.54. The molecule has 0 aromatic heterocycles. The number of rotatable bonds is 8. The molecule has 0 unspecified atom stereocenters. The van der Waals surface area contributed by atoms with Crippen LogP contribution in [0.1, 0.15) is 33.8 Å². The second-order valence-corrected chi connectivity index (χ2v) is 9.88. The summed E-state index contributed by atoms with van der Waals surface area (Å²) in [4.78, 5) is 12.6. The fraction of sp³-hybridized carbons (Fsp3) is 0.208. The van der Waals surface area contributed by atoms with E-state index in [1.165, 1.54) is 43.4 Å². The molecule has 1 N–H and O–H groups in total. The highest BCUT2D eigenvalue weighted by molar-refractivity contribution is 7.89. The van der Waals surface area contributed by atoms with Crippen molar-refractivity contribution in [2.75, 3.05) is 20.6 Å². The van der Waals surface area contributed by atoms with Gasteiger partial charge in [0.25, 0.3) is 5.91 Å². The minimum Gasteiger partial charge on any atom is -0.352 e. The number of halogens is 1. The van der Waals surface area contributed by atoms with Crippen LogP contribution in [-0.2, 0) is 10.0 Å². The number of nitrogens with zero attached hydrogens (tertiary/aromatic N) is 1. The third-order valence-electron chi connectivity index (χ3n) is 5.07. The number of hydrogen-bond donors (Lipinski definition) is 1. The summed E-state index contributed by atoms with van der Waals surface area (Å²) in [6, 6.07) is 24.6. The van der Waals surface area contributed by atoms with Gasteiger partial charge in [-0.15, -0.1) is 0 Å². The van der Waals surface area contributed by atoms with Crippen molar-refractivity contribution in [2.45, 2.75) is 17.2 Å². The van der Waals surface area contributed by atoms with E-state index < -0.39 is 10.0 Å². The predicted molar refractivity (Wildman–Crippen MR) is 124 cm³/mol. The molecule has 0 aliphatic heterocycles. The molecule has 7 heteroatoms. The summed E-state index contributed by atoms with van der Waals surface area (Å²) in [7, 11) is -0.904. The van der Waals surface area contributed by atoms with Gasteiger partial charge in [0, 0.05) is 32.1 Å². The Morgan fingerprint density at radius 1 is 0.935 bits per heavy atom. The molecule has 1 amide bonds. The fourth-order valence-corrected chi connectivity index (χ4v) is 4.76. The van der Waals surface area contributed by atoms with Crippen LogP contribution in [0.25, 0.3) is 0 Å². The zero-order chi connectivity index (χ0) is 22.4. The molecule has 162 valence electrons. The van der Waals surface area contributed by atoms with Gasteiger partial charge in [-0.25, -0.2) is 12.7 Å². The Bertz CT molecular complexity index is 1090. The summed E-state index contributed by atoms with van der Waals surface area (Å²) in [6.07, 6.45) is 0.705. The highest BCUT2D eigenvalue weighted by Crippen LogP contribution is 2.28. The summed E-state index contributed by atoms with van der Waals surface area (Å²) in [5, 5.41) is 2.99. The first kappa shape index (κ1) is 23.0. The number of nitrogens with one attached hydrogen (secondary N) is 1. The largest absolute Gasteiger partial charge is 0.352 e. The third kappa shape index (κ3) is 5.53. The normalized spacial score (nSPS) is 11.6. The Kier molecular flexibility index (Phi) is 7.49. The van der Waals surface area contributed by atoms with Crippen LogP contribution >= 0.6 is 11.6 Å². The van der Waals surface area contributed by atoms with Gasteiger partial charge in [-0.1, -0.05) is 72.3 Å². The van der Waals surface area contributed by atoms with E-state index in [1.54, 1.807) is 0 Å². The molecule has 0 fully saturated rings. The molecule has 0 aliphatic rings. The number of carbonyl (C=O) groups is 1. The van der Waals surface area contributed by atoms with Gasteiger partial charge in [0.2, 0.25) is 10.0 Å². The average molecular weight is 457 g/mol. The number of carbonyl (C=O) groups excluding carboxylic acids is 1. The van der Waals surface area contributed by atoms with Gasteiger partial charge in [-0.2, -0.15) is 0 Å². The van der Waals surface area contributed by atoms with Crippen molar-refractivity contribution in [2.24, 2.45) is 0 Å². The standard InChI is InChI=1S/C24H25ClN2O3S/c1-27(2)31(29,30)23-17-20(13-14-22(23)25)24(28)26-16-15-21(18-9-5-3-6-10-18)19-11-7-4-8-12-19/h3-14,17,21H,15-16H2,1-2H3,(H,26,28). The molecule has 3 rings (SSSR count). The van der Waals surface area contributed by atoms with E-state index >= 15 is 0 Å². The lowest BCUT2D eigenvalue weighted by atomic mass is 9.88. The maximum absolute atomic E-state index is 12.7. The van der Waals surface area contributed by atoms with Gasteiger partial charge in [0.1, 0.15) is 4.90 Å². The third-order valence-corrected chi connectivity index (χ3v) is 7.37. The highest BCUT2D eigenvalue weighted by atomic mass is 35.5. The molecular weight excluding hydrogens is 432 g/mol. The maximum atomic E-state index is 12.7. The molecule has 3 aromatic carbocycles. The van der Waals surface area contributed by atoms with E-state index in [0.29, 0.717) is 13.0 Å². The number of sulfonamides is 1. The van der Waals surface area contributed by atoms with Gasteiger partial charge in [-0.05, 0) is 35.7 Å². The molecule has 0 bridgehead atoms. The lowest BCUT2D eigenvalue weighted by Crippen LogP contribution is -2.27. The first-order chi connectivity index (χ1) is 14.8. The highest BCUT2D eigenvalue weighted by Gasteiger charge is 2.22. The molecule has 0 spiro atoms. The van der Waals surface area contributed by atoms with E-state index in [4.69, 9.17) is 11.6 Å². The van der Waals surface area contributed by atoms with Crippen molar-refractivity contribution in [3.05, 3.63) is 101 Å². The zero-order valence-electron chi connectivity index (χ0n) is 17.5. The van der Waals surface area contributed by atoms with Gasteiger partial charge in [0.05, 0.1) is 5.02 Å². The maximum Gasteiger partial charge on any atom is 0.251 e. The van der Waals surface area contributed by atoms with Crippen LogP contribution in [0.3, 0.4) is 0 Å². The zero-order valence-corrected chi connectivity index (χ0v) is 19.0. The molecule has 3 aromatic rings. The smallest absolute Gasteiger partial charge is 0.251 e. The van der Waals surface area contributed by atoms with Crippen molar-refractivity contribution in [3.63, 3.8) is 0 Å². The molecule has 0 heterocycles. The van der Waals surface area contributed by atoms with Gasteiger partial charge in [0.15, 0.2) is 0 Å². The Hall–Kier alpha value is -2.67. The molecular formula is C24H25ClN2O3S. The second-order valence-electron chi connectivity index (χ2n) is 7.35. The first-order valence-electron chi connectivity index (χ1n) is 9.91. The van der Waals surface area contributed by atoms with E-state index in [2.05, 4.69) is 29.6 Å². The van der Waals surface area contributed by atoms with Gasteiger partial charge >= 0.3 is 0 Å². The lowest BCUT2D eigenvalue weighted by molar-refractivity contribution is 0.0952. The van der Waals surface area contributed by atoms with Crippen LogP contribution in [0.2, 0.25) is 5.02 Å². The van der Waals surface area contributed by atoms with Gasteiger partial charge in [-0.3, -0.25) is 4.79 Å². The first-order valence-corrected chi connectivity index (χ1v) is 11.7. The number of hydrogen-bond acceptors (Lipinski definition) is 3. The van der Waals surface area contributed by atoms with Gasteiger partial charge < -0.3 is 5.32 Å². The van der Waals surface area contributed by atoms with E-state index in [-0.39, 0.29) is 27.3 Å². The van der Waals surface area contributed by atoms with Crippen LogP contribution < -0.4 is 5.32 Å². The van der Waals surface area contributed by atoms with Crippen molar-refractivity contribution < 1.29 is 13.2 Å². The van der Waals surface area contributed by atoms with E-state index in [9.17, 15) is 13.2 Å².